The van der Waals surface area contributed by atoms with E-state index in [2.05, 4.69) is 103 Å². The molecular formula is C22H21N2P. The van der Waals surface area contributed by atoms with Crippen LogP contribution in [0.5, 0.6) is 0 Å². The minimum absolute atomic E-state index is 0.616. The fourth-order valence-electron chi connectivity index (χ4n) is 2.70. The van der Waals surface area contributed by atoms with Crippen LogP contribution in [0.2, 0.25) is 0 Å². The van der Waals surface area contributed by atoms with Gasteiger partial charge in [0, 0.05) is 13.8 Å². The van der Waals surface area contributed by atoms with Gasteiger partial charge in [0.2, 0.25) is 0 Å². The van der Waals surface area contributed by atoms with E-state index in [9.17, 15) is 0 Å². The Kier molecular flexibility index (Phi) is 5.42. The summed E-state index contributed by atoms with van der Waals surface area (Å²) in [6, 6.07) is 29.9. The molecule has 124 valence electrons. The highest BCUT2D eigenvalue weighted by Gasteiger charge is 2.17. The highest BCUT2D eigenvalue weighted by atomic mass is 31.1. The summed E-state index contributed by atoms with van der Waals surface area (Å²) in [5.74, 6) is 0. The van der Waals surface area contributed by atoms with Crippen LogP contribution in [-0.4, -0.2) is 18.8 Å². The van der Waals surface area contributed by atoms with Crippen molar-refractivity contribution in [2.24, 2.45) is 5.10 Å². The lowest BCUT2D eigenvalue weighted by Gasteiger charge is -2.21. The summed E-state index contributed by atoms with van der Waals surface area (Å²) in [4.78, 5) is 0. The van der Waals surface area contributed by atoms with Crippen molar-refractivity contribution in [3.05, 3.63) is 97.1 Å². The van der Waals surface area contributed by atoms with E-state index in [0.29, 0.717) is 0 Å². The molecule has 0 aliphatic heterocycles. The molecule has 0 bridgehead atoms. The van der Waals surface area contributed by atoms with Gasteiger partial charge in [0.15, 0.2) is 0 Å². The molecule has 0 saturated heterocycles. The van der Waals surface area contributed by atoms with Gasteiger partial charge in [-0.05, 0) is 35.5 Å². The predicted octanol–water partition coefficient (Wildman–Crippen LogP) is 3.96. The summed E-state index contributed by atoms with van der Waals surface area (Å²) < 4.78 is 0. The van der Waals surface area contributed by atoms with Gasteiger partial charge < -0.3 is 0 Å². The van der Waals surface area contributed by atoms with E-state index < -0.39 is 7.92 Å². The summed E-state index contributed by atoms with van der Waals surface area (Å²) in [5.41, 5.74) is 1.90. The molecule has 0 aromatic heterocycles. The monoisotopic (exact) mass is 344 g/mol. The van der Waals surface area contributed by atoms with Gasteiger partial charge in [-0.25, -0.2) is 0 Å². The van der Waals surface area contributed by atoms with Crippen LogP contribution in [0.3, 0.4) is 0 Å². The van der Waals surface area contributed by atoms with Crippen LogP contribution in [0.15, 0.2) is 96.6 Å². The van der Waals surface area contributed by atoms with Crippen molar-refractivity contribution in [3.8, 4) is 0 Å². The van der Waals surface area contributed by atoms with Gasteiger partial charge in [-0.3, -0.25) is 5.01 Å². The molecular weight excluding hydrogens is 323 g/mol. The highest BCUT2D eigenvalue weighted by Crippen LogP contribution is 2.33. The maximum absolute atomic E-state index is 4.14. The van der Waals surface area contributed by atoms with Crippen molar-refractivity contribution in [3.63, 3.8) is 0 Å². The lowest BCUT2D eigenvalue weighted by molar-refractivity contribution is 0.523. The molecule has 25 heavy (non-hydrogen) atoms. The van der Waals surface area contributed by atoms with E-state index >= 15 is 0 Å². The molecule has 0 radical (unpaired) electrons. The highest BCUT2D eigenvalue weighted by molar-refractivity contribution is 7.79. The number of hydrazone groups is 1. The van der Waals surface area contributed by atoms with Crippen LogP contribution >= 0.6 is 7.92 Å². The fraction of sp³-hybridized carbons (Fsp3) is 0.0455. The quantitative estimate of drug-likeness (QED) is 0.375. The fourth-order valence-corrected chi connectivity index (χ4v) is 5.04. The molecule has 0 fully saturated rings. The molecule has 0 N–H and O–H groups in total. The summed E-state index contributed by atoms with van der Waals surface area (Å²) >= 11 is 0. The number of hydrogen-bond acceptors (Lipinski definition) is 2. The van der Waals surface area contributed by atoms with Crippen molar-refractivity contribution in [2.45, 2.75) is 0 Å². The van der Waals surface area contributed by atoms with Crippen LogP contribution in [0.1, 0.15) is 5.56 Å². The third-order valence-electron chi connectivity index (χ3n) is 4.07. The van der Waals surface area contributed by atoms with Gasteiger partial charge in [-0.15, -0.1) is 0 Å². The van der Waals surface area contributed by atoms with E-state index in [1.807, 2.05) is 7.05 Å². The average molecular weight is 344 g/mol. The largest absolute Gasteiger partial charge is 0.269 e. The van der Waals surface area contributed by atoms with Crippen molar-refractivity contribution in [1.82, 2.24) is 5.01 Å². The molecule has 0 saturated carbocycles. The first kappa shape index (κ1) is 17.1. The molecule has 0 heterocycles. The molecule has 0 aliphatic carbocycles. The molecule has 3 heteroatoms. The molecule has 0 atom stereocenters. The topological polar surface area (TPSA) is 15.6 Å². The van der Waals surface area contributed by atoms with Gasteiger partial charge in [0.25, 0.3) is 0 Å². The van der Waals surface area contributed by atoms with Crippen molar-refractivity contribution in [2.75, 3.05) is 7.05 Å². The summed E-state index contributed by atoms with van der Waals surface area (Å²) in [6.45, 7) is 7.72. The van der Waals surface area contributed by atoms with Gasteiger partial charge in [-0.1, -0.05) is 85.4 Å². The van der Waals surface area contributed by atoms with E-state index in [4.69, 9.17) is 0 Å². The maximum Gasteiger partial charge on any atom is 0.0591 e. The molecule has 2 nitrogen and oxygen atoms in total. The summed E-state index contributed by atoms with van der Waals surface area (Å²) in [7, 11) is 1.24. The Bertz CT molecular complexity index is 820. The lowest BCUT2D eigenvalue weighted by Crippen LogP contribution is -2.21. The SMILES string of the molecule is C=NN(C)C(=C)c1cccc(P(c2ccccc2)c2ccccc2)c1. The first-order chi connectivity index (χ1) is 12.2. The second kappa shape index (κ2) is 7.92. The zero-order valence-corrected chi connectivity index (χ0v) is 15.2. The lowest BCUT2D eigenvalue weighted by atomic mass is 10.2. The van der Waals surface area contributed by atoms with Gasteiger partial charge in [-0.2, -0.15) is 5.10 Å². The first-order valence-corrected chi connectivity index (χ1v) is 9.45. The Morgan fingerprint density at radius 1 is 0.800 bits per heavy atom. The Hall–Kier alpha value is -2.70. The summed E-state index contributed by atoms with van der Waals surface area (Å²) in [5, 5.41) is 9.61. The number of hydrogen-bond donors (Lipinski definition) is 0. The van der Waals surface area contributed by atoms with Crippen molar-refractivity contribution in [1.29, 1.82) is 0 Å². The molecule has 0 unspecified atom stereocenters. The Morgan fingerprint density at radius 2 is 1.32 bits per heavy atom. The van der Waals surface area contributed by atoms with Gasteiger partial charge in [0.1, 0.15) is 0 Å². The normalized spacial score (nSPS) is 10.5. The minimum atomic E-state index is -0.616. The molecule has 3 aromatic carbocycles. The predicted molar refractivity (Wildman–Crippen MR) is 111 cm³/mol. The van der Waals surface area contributed by atoms with E-state index in [1.165, 1.54) is 15.9 Å². The standard InChI is InChI=1S/C22H21N2P/c1-18(24(3)23-2)19-11-10-16-22(17-19)25(20-12-6-4-7-13-20)21-14-8-5-9-15-21/h4-17H,1-2H2,3H3. The molecule has 0 spiro atoms. The van der Waals surface area contributed by atoms with E-state index in [1.54, 1.807) is 5.01 Å². The first-order valence-electron chi connectivity index (χ1n) is 8.10. The summed E-state index contributed by atoms with van der Waals surface area (Å²) in [6.07, 6.45) is 0. The third-order valence-corrected chi connectivity index (χ3v) is 6.49. The average Bonchev–Trinajstić information content (AvgIpc) is 2.69. The molecule has 3 rings (SSSR count). The Labute approximate surface area is 150 Å². The van der Waals surface area contributed by atoms with E-state index in [-0.39, 0.29) is 0 Å². The van der Waals surface area contributed by atoms with Crippen molar-refractivity contribution >= 4 is 36.2 Å². The second-order valence-electron chi connectivity index (χ2n) is 5.67. The minimum Gasteiger partial charge on any atom is -0.269 e. The van der Waals surface area contributed by atoms with Crippen molar-refractivity contribution < 1.29 is 0 Å². The zero-order chi connectivity index (χ0) is 17.6. The Balaban J connectivity index is 2.09. The molecule has 0 amide bonds. The van der Waals surface area contributed by atoms with Crippen LogP contribution in [0.25, 0.3) is 5.70 Å². The number of benzene rings is 3. The third kappa shape index (κ3) is 3.87. The molecule has 3 aromatic rings. The van der Waals surface area contributed by atoms with Crippen LogP contribution in [-0.2, 0) is 0 Å². The molecule has 0 aliphatic rings. The van der Waals surface area contributed by atoms with Crippen LogP contribution in [0.4, 0.5) is 0 Å². The van der Waals surface area contributed by atoms with Gasteiger partial charge in [0.05, 0.1) is 5.70 Å². The smallest absolute Gasteiger partial charge is 0.0591 e. The number of rotatable bonds is 6. The maximum atomic E-state index is 4.14. The zero-order valence-electron chi connectivity index (χ0n) is 14.3. The van der Waals surface area contributed by atoms with Crippen LogP contribution in [0, 0.1) is 0 Å². The second-order valence-corrected chi connectivity index (χ2v) is 7.89. The van der Waals surface area contributed by atoms with Crippen LogP contribution < -0.4 is 15.9 Å². The van der Waals surface area contributed by atoms with E-state index in [0.717, 1.165) is 11.3 Å². The van der Waals surface area contributed by atoms with Gasteiger partial charge >= 0.3 is 0 Å². The number of nitrogens with zero attached hydrogens (tertiary/aromatic N) is 2. The Morgan fingerprint density at radius 3 is 1.84 bits per heavy atom.